The second-order valence-corrected chi connectivity index (χ2v) is 5.59. The summed E-state index contributed by atoms with van der Waals surface area (Å²) in [5.74, 6) is -0.138. The fourth-order valence-corrected chi connectivity index (χ4v) is 2.91. The highest BCUT2D eigenvalue weighted by molar-refractivity contribution is 6.15. The zero-order chi connectivity index (χ0) is 16.5. The van der Waals surface area contributed by atoms with E-state index in [4.69, 9.17) is 4.42 Å². The maximum Gasteiger partial charge on any atom is 0.230 e. The van der Waals surface area contributed by atoms with Crippen LogP contribution in [0.1, 0.15) is 21.7 Å². The molecule has 0 aliphatic rings. The summed E-state index contributed by atoms with van der Waals surface area (Å²) in [5, 5.41) is 0.829. The standard InChI is InChI=1S/C20H14FNO2/c21-17-8-3-1-6-14(17)12-22-13-16(15-7-2-4-9-18(15)22)20(23)19-10-5-11-24-19/h1-11,13H,12H2. The number of halogens is 1. The van der Waals surface area contributed by atoms with Crippen molar-refractivity contribution in [2.24, 2.45) is 0 Å². The van der Waals surface area contributed by atoms with E-state index in [9.17, 15) is 9.18 Å². The van der Waals surface area contributed by atoms with Gasteiger partial charge in [0.1, 0.15) is 5.82 Å². The second-order valence-electron chi connectivity index (χ2n) is 5.59. The molecule has 2 aromatic carbocycles. The number of furan rings is 1. The van der Waals surface area contributed by atoms with Crippen LogP contribution >= 0.6 is 0 Å². The lowest BCUT2D eigenvalue weighted by Crippen LogP contribution is -2.01. The van der Waals surface area contributed by atoms with Crippen LogP contribution in [0.4, 0.5) is 4.39 Å². The van der Waals surface area contributed by atoms with E-state index >= 15 is 0 Å². The van der Waals surface area contributed by atoms with Gasteiger partial charge in [0, 0.05) is 22.7 Å². The summed E-state index contributed by atoms with van der Waals surface area (Å²) in [6.45, 7) is 0.360. The average molecular weight is 319 g/mol. The van der Waals surface area contributed by atoms with Gasteiger partial charge in [-0.05, 0) is 24.3 Å². The SMILES string of the molecule is O=C(c1ccco1)c1cn(Cc2ccccc2F)c2ccccc12. The predicted molar refractivity (Wildman–Crippen MR) is 89.6 cm³/mol. The second kappa shape index (κ2) is 5.81. The first kappa shape index (κ1) is 14.5. The van der Waals surface area contributed by atoms with E-state index < -0.39 is 0 Å². The number of hydrogen-bond acceptors (Lipinski definition) is 2. The van der Waals surface area contributed by atoms with Gasteiger partial charge in [-0.25, -0.2) is 4.39 Å². The average Bonchev–Trinajstić information content (AvgIpc) is 3.25. The molecule has 0 saturated carbocycles. The van der Waals surface area contributed by atoms with Gasteiger partial charge in [-0.2, -0.15) is 0 Å². The molecule has 4 rings (SSSR count). The van der Waals surface area contributed by atoms with Crippen molar-refractivity contribution in [3.63, 3.8) is 0 Å². The number of ketones is 1. The molecule has 0 unspecified atom stereocenters. The normalized spacial score (nSPS) is 11.0. The number of hydrogen-bond donors (Lipinski definition) is 0. The number of aromatic nitrogens is 1. The Labute approximate surface area is 137 Å². The summed E-state index contributed by atoms with van der Waals surface area (Å²) in [6.07, 6.45) is 3.24. The fraction of sp³-hybridized carbons (Fsp3) is 0.0500. The Kier molecular flexibility index (Phi) is 3.50. The minimum atomic E-state index is -0.255. The summed E-state index contributed by atoms with van der Waals surface area (Å²) < 4.78 is 21.1. The van der Waals surface area contributed by atoms with Crippen molar-refractivity contribution in [1.29, 1.82) is 0 Å². The van der Waals surface area contributed by atoms with Crippen molar-refractivity contribution in [2.75, 3.05) is 0 Å². The molecule has 0 bridgehead atoms. The van der Waals surface area contributed by atoms with Crippen molar-refractivity contribution in [3.05, 3.63) is 95.8 Å². The minimum Gasteiger partial charge on any atom is -0.461 e. The van der Waals surface area contributed by atoms with Crippen molar-refractivity contribution < 1.29 is 13.6 Å². The van der Waals surface area contributed by atoms with Crippen molar-refractivity contribution in [2.45, 2.75) is 6.54 Å². The van der Waals surface area contributed by atoms with Gasteiger partial charge in [0.15, 0.2) is 5.76 Å². The van der Waals surface area contributed by atoms with Crippen LogP contribution in [-0.4, -0.2) is 10.4 Å². The molecule has 0 spiro atoms. The Morgan fingerprint density at radius 2 is 1.79 bits per heavy atom. The molecule has 3 nitrogen and oxygen atoms in total. The van der Waals surface area contributed by atoms with E-state index in [0.29, 0.717) is 23.4 Å². The highest BCUT2D eigenvalue weighted by Gasteiger charge is 2.18. The smallest absolute Gasteiger partial charge is 0.230 e. The van der Waals surface area contributed by atoms with Gasteiger partial charge in [0.05, 0.1) is 18.4 Å². The van der Waals surface area contributed by atoms with Gasteiger partial charge in [0.25, 0.3) is 0 Å². The molecule has 0 fully saturated rings. The molecular weight excluding hydrogens is 305 g/mol. The zero-order valence-electron chi connectivity index (χ0n) is 12.8. The number of para-hydroxylation sites is 1. The third-order valence-corrected chi connectivity index (χ3v) is 4.08. The molecule has 0 saturated heterocycles. The molecule has 24 heavy (non-hydrogen) atoms. The molecule has 0 radical (unpaired) electrons. The summed E-state index contributed by atoms with van der Waals surface area (Å²) in [4.78, 5) is 12.7. The van der Waals surface area contributed by atoms with Crippen LogP contribution in [0, 0.1) is 5.82 Å². The Morgan fingerprint density at radius 3 is 2.58 bits per heavy atom. The number of rotatable bonds is 4. The molecule has 118 valence electrons. The highest BCUT2D eigenvalue weighted by Crippen LogP contribution is 2.25. The minimum absolute atomic E-state index is 0.177. The summed E-state index contributed by atoms with van der Waals surface area (Å²) in [7, 11) is 0. The molecular formula is C20H14FNO2. The van der Waals surface area contributed by atoms with E-state index in [1.807, 2.05) is 28.8 Å². The van der Waals surface area contributed by atoms with E-state index in [1.165, 1.54) is 12.3 Å². The van der Waals surface area contributed by atoms with Crippen LogP contribution in [-0.2, 0) is 6.54 Å². The molecule has 4 aromatic rings. The van der Waals surface area contributed by atoms with Crippen LogP contribution < -0.4 is 0 Å². The van der Waals surface area contributed by atoms with Crippen LogP contribution in [0.15, 0.2) is 77.5 Å². The number of carbonyl (C=O) groups is 1. The van der Waals surface area contributed by atoms with Crippen molar-refractivity contribution in [3.8, 4) is 0 Å². The Hall–Kier alpha value is -3.14. The van der Waals surface area contributed by atoms with Gasteiger partial charge in [0.2, 0.25) is 5.78 Å². The van der Waals surface area contributed by atoms with E-state index in [-0.39, 0.29) is 11.6 Å². The van der Waals surface area contributed by atoms with Gasteiger partial charge >= 0.3 is 0 Å². The monoisotopic (exact) mass is 319 g/mol. The predicted octanol–water partition coefficient (Wildman–Crippen LogP) is 4.65. The summed E-state index contributed by atoms with van der Waals surface area (Å²) in [6, 6.07) is 17.6. The first-order valence-corrected chi connectivity index (χ1v) is 7.63. The molecule has 0 amide bonds. The third-order valence-electron chi connectivity index (χ3n) is 4.08. The van der Waals surface area contributed by atoms with Crippen LogP contribution in [0.3, 0.4) is 0 Å². The van der Waals surface area contributed by atoms with Crippen LogP contribution in [0.5, 0.6) is 0 Å². The first-order valence-electron chi connectivity index (χ1n) is 7.63. The lowest BCUT2D eigenvalue weighted by atomic mass is 10.1. The third kappa shape index (κ3) is 2.42. The molecule has 0 N–H and O–H groups in total. The zero-order valence-corrected chi connectivity index (χ0v) is 12.8. The number of fused-ring (bicyclic) bond motifs is 1. The maximum absolute atomic E-state index is 14.0. The molecule has 0 aliphatic heterocycles. The van der Waals surface area contributed by atoms with Gasteiger partial charge < -0.3 is 8.98 Å². The Morgan fingerprint density at radius 1 is 1.00 bits per heavy atom. The fourth-order valence-electron chi connectivity index (χ4n) is 2.91. The molecule has 2 heterocycles. The quantitative estimate of drug-likeness (QED) is 0.513. The van der Waals surface area contributed by atoms with E-state index in [2.05, 4.69) is 0 Å². The highest BCUT2D eigenvalue weighted by atomic mass is 19.1. The summed E-state index contributed by atoms with van der Waals surface area (Å²) in [5.41, 5.74) is 2.02. The van der Waals surface area contributed by atoms with E-state index in [1.54, 1.807) is 36.5 Å². The lowest BCUT2D eigenvalue weighted by molar-refractivity contribution is 0.101. The lowest BCUT2D eigenvalue weighted by Gasteiger charge is -2.06. The van der Waals surface area contributed by atoms with Crippen molar-refractivity contribution >= 4 is 16.7 Å². The first-order chi connectivity index (χ1) is 11.7. The van der Waals surface area contributed by atoms with E-state index in [0.717, 1.165) is 10.9 Å². The Bertz CT molecular complexity index is 1020. The number of nitrogens with zero attached hydrogens (tertiary/aromatic N) is 1. The molecule has 4 heteroatoms. The van der Waals surface area contributed by atoms with Crippen LogP contribution in [0.25, 0.3) is 10.9 Å². The summed E-state index contributed by atoms with van der Waals surface area (Å²) >= 11 is 0. The largest absolute Gasteiger partial charge is 0.461 e. The van der Waals surface area contributed by atoms with Crippen LogP contribution in [0.2, 0.25) is 0 Å². The number of benzene rings is 2. The van der Waals surface area contributed by atoms with Gasteiger partial charge in [-0.15, -0.1) is 0 Å². The Balaban J connectivity index is 1.83. The van der Waals surface area contributed by atoms with Crippen molar-refractivity contribution in [1.82, 2.24) is 4.57 Å². The number of carbonyl (C=O) groups excluding carboxylic acids is 1. The molecule has 0 aliphatic carbocycles. The molecule has 2 aromatic heterocycles. The van der Waals surface area contributed by atoms with Gasteiger partial charge in [-0.1, -0.05) is 36.4 Å². The van der Waals surface area contributed by atoms with Gasteiger partial charge in [-0.3, -0.25) is 4.79 Å². The topological polar surface area (TPSA) is 35.1 Å². The maximum atomic E-state index is 14.0. The molecule has 0 atom stereocenters.